The van der Waals surface area contributed by atoms with Crippen LogP contribution in [0.3, 0.4) is 0 Å². The van der Waals surface area contributed by atoms with Crippen LogP contribution in [-0.2, 0) is 4.79 Å². The maximum atomic E-state index is 10.8. The molecular formula is C7H12N2O. The Morgan fingerprint density at radius 3 is 3.20 bits per heavy atom. The molecule has 3 heteroatoms. The molecule has 0 aromatic carbocycles. The average Bonchev–Trinajstić information content (AvgIpc) is 2.12. The van der Waals surface area contributed by atoms with Crippen molar-refractivity contribution in [3.8, 4) is 0 Å². The van der Waals surface area contributed by atoms with Gasteiger partial charge in [-0.05, 0) is 12.3 Å². The van der Waals surface area contributed by atoms with Gasteiger partial charge in [0.25, 0.3) is 0 Å². The first-order valence-electron chi connectivity index (χ1n) is 3.44. The van der Waals surface area contributed by atoms with Crippen LogP contribution < -0.4 is 5.32 Å². The highest BCUT2D eigenvalue weighted by atomic mass is 16.2. The fraction of sp³-hybridized carbons (Fsp3) is 0.571. The van der Waals surface area contributed by atoms with Gasteiger partial charge in [-0.2, -0.15) is 0 Å². The van der Waals surface area contributed by atoms with E-state index in [0.717, 1.165) is 19.6 Å². The molecule has 56 valence electrons. The van der Waals surface area contributed by atoms with E-state index in [4.69, 9.17) is 0 Å². The highest BCUT2D eigenvalue weighted by Crippen LogP contribution is 1.91. The molecule has 0 aliphatic carbocycles. The molecule has 0 saturated heterocycles. The van der Waals surface area contributed by atoms with Crippen molar-refractivity contribution in [2.24, 2.45) is 0 Å². The van der Waals surface area contributed by atoms with E-state index in [2.05, 4.69) is 5.32 Å². The van der Waals surface area contributed by atoms with Gasteiger partial charge >= 0.3 is 0 Å². The Morgan fingerprint density at radius 1 is 1.70 bits per heavy atom. The largest absolute Gasteiger partial charge is 0.389 e. The number of amides is 1. The van der Waals surface area contributed by atoms with Crippen molar-refractivity contribution in [1.82, 2.24) is 10.2 Å². The van der Waals surface area contributed by atoms with Gasteiger partial charge in [0, 0.05) is 26.6 Å². The first-order chi connectivity index (χ1) is 4.80. The Labute approximate surface area is 60.7 Å². The van der Waals surface area contributed by atoms with E-state index in [1.165, 1.54) is 0 Å². The molecule has 1 rings (SSSR count). The number of hydrogen-bond acceptors (Lipinski definition) is 2. The van der Waals surface area contributed by atoms with Crippen molar-refractivity contribution in [2.75, 3.05) is 19.6 Å². The summed E-state index contributed by atoms with van der Waals surface area (Å²) in [5, 5.41) is 3.06. The van der Waals surface area contributed by atoms with Crippen LogP contribution >= 0.6 is 0 Å². The third-order valence-electron chi connectivity index (χ3n) is 1.53. The van der Waals surface area contributed by atoms with Crippen LogP contribution in [0.25, 0.3) is 0 Å². The second-order valence-corrected chi connectivity index (χ2v) is 2.32. The van der Waals surface area contributed by atoms with Crippen LogP contribution in [0.1, 0.15) is 6.92 Å². The van der Waals surface area contributed by atoms with Crippen molar-refractivity contribution in [3.63, 3.8) is 0 Å². The van der Waals surface area contributed by atoms with Gasteiger partial charge in [0.05, 0.1) is 0 Å². The van der Waals surface area contributed by atoms with Crippen molar-refractivity contribution in [1.29, 1.82) is 0 Å². The van der Waals surface area contributed by atoms with Gasteiger partial charge in [0.2, 0.25) is 5.91 Å². The number of hydrogen-bond donors (Lipinski definition) is 1. The summed E-state index contributed by atoms with van der Waals surface area (Å²) in [6.07, 6.45) is 3.84. The van der Waals surface area contributed by atoms with Crippen molar-refractivity contribution < 1.29 is 4.79 Å². The summed E-state index contributed by atoms with van der Waals surface area (Å²) in [5.41, 5.74) is 0. The molecule has 1 heterocycles. The zero-order valence-corrected chi connectivity index (χ0v) is 6.13. The van der Waals surface area contributed by atoms with Gasteiger partial charge in [0.1, 0.15) is 0 Å². The summed E-state index contributed by atoms with van der Waals surface area (Å²) in [7, 11) is 0. The van der Waals surface area contributed by atoms with Crippen LogP contribution in [0.15, 0.2) is 12.3 Å². The lowest BCUT2D eigenvalue weighted by Crippen LogP contribution is -2.32. The summed E-state index contributed by atoms with van der Waals surface area (Å²) in [4.78, 5) is 12.6. The second-order valence-electron chi connectivity index (χ2n) is 2.32. The number of nitrogens with zero attached hydrogens (tertiary/aromatic N) is 1. The number of rotatable bonds is 0. The molecule has 1 N–H and O–H groups in total. The van der Waals surface area contributed by atoms with Crippen molar-refractivity contribution >= 4 is 5.91 Å². The smallest absolute Gasteiger partial charge is 0.219 e. The molecule has 0 spiro atoms. The summed E-state index contributed by atoms with van der Waals surface area (Å²) >= 11 is 0. The summed E-state index contributed by atoms with van der Waals surface area (Å²) < 4.78 is 0. The van der Waals surface area contributed by atoms with E-state index in [1.807, 2.05) is 12.3 Å². The van der Waals surface area contributed by atoms with Crippen molar-refractivity contribution in [2.45, 2.75) is 6.92 Å². The SMILES string of the molecule is CC(=O)N1CC=CNCC1. The molecule has 0 atom stereocenters. The molecule has 0 radical (unpaired) electrons. The van der Waals surface area contributed by atoms with E-state index >= 15 is 0 Å². The maximum Gasteiger partial charge on any atom is 0.219 e. The van der Waals surface area contributed by atoms with Crippen LogP contribution in [0, 0.1) is 0 Å². The molecule has 0 unspecified atom stereocenters. The Kier molecular flexibility index (Phi) is 2.31. The van der Waals surface area contributed by atoms with E-state index in [0.29, 0.717) is 0 Å². The lowest BCUT2D eigenvalue weighted by Gasteiger charge is -2.16. The Balaban J connectivity index is 2.45. The van der Waals surface area contributed by atoms with Crippen LogP contribution in [0.5, 0.6) is 0 Å². The summed E-state index contributed by atoms with van der Waals surface area (Å²) in [6, 6.07) is 0. The standard InChI is InChI=1S/C7H12N2O/c1-7(10)9-5-2-3-8-4-6-9/h2-3,8H,4-6H2,1H3. The molecule has 0 bridgehead atoms. The van der Waals surface area contributed by atoms with E-state index in [-0.39, 0.29) is 5.91 Å². The van der Waals surface area contributed by atoms with E-state index < -0.39 is 0 Å². The third-order valence-corrected chi connectivity index (χ3v) is 1.53. The quantitative estimate of drug-likeness (QED) is 0.511. The minimum absolute atomic E-state index is 0.147. The topological polar surface area (TPSA) is 32.3 Å². The van der Waals surface area contributed by atoms with Gasteiger partial charge in [-0.25, -0.2) is 0 Å². The molecule has 0 fully saturated rings. The number of nitrogens with one attached hydrogen (secondary N) is 1. The zero-order valence-electron chi connectivity index (χ0n) is 6.13. The average molecular weight is 140 g/mol. The number of carbonyl (C=O) groups is 1. The monoisotopic (exact) mass is 140 g/mol. The minimum atomic E-state index is 0.147. The Bertz CT molecular complexity index is 154. The van der Waals surface area contributed by atoms with Crippen LogP contribution in [0.4, 0.5) is 0 Å². The minimum Gasteiger partial charge on any atom is -0.389 e. The number of carbonyl (C=O) groups excluding carboxylic acids is 1. The molecule has 1 amide bonds. The zero-order chi connectivity index (χ0) is 7.40. The predicted octanol–water partition coefficient (Wildman–Crippen LogP) is -0.0482. The molecular weight excluding hydrogens is 128 g/mol. The van der Waals surface area contributed by atoms with Gasteiger partial charge in [-0.1, -0.05) is 0 Å². The maximum absolute atomic E-state index is 10.8. The lowest BCUT2D eigenvalue weighted by molar-refractivity contribution is -0.128. The molecule has 1 aliphatic rings. The van der Waals surface area contributed by atoms with Crippen molar-refractivity contribution in [3.05, 3.63) is 12.3 Å². The molecule has 0 aromatic heterocycles. The fourth-order valence-electron chi connectivity index (χ4n) is 0.923. The van der Waals surface area contributed by atoms with E-state index in [1.54, 1.807) is 11.8 Å². The molecule has 10 heavy (non-hydrogen) atoms. The van der Waals surface area contributed by atoms with Gasteiger partial charge in [-0.3, -0.25) is 4.79 Å². The first-order valence-corrected chi connectivity index (χ1v) is 3.44. The second kappa shape index (κ2) is 3.25. The van der Waals surface area contributed by atoms with Gasteiger partial charge in [0.15, 0.2) is 0 Å². The highest BCUT2D eigenvalue weighted by Gasteiger charge is 2.06. The lowest BCUT2D eigenvalue weighted by atomic mass is 10.4. The summed E-state index contributed by atoms with van der Waals surface area (Å²) in [5.74, 6) is 0.147. The van der Waals surface area contributed by atoms with Crippen LogP contribution in [0.2, 0.25) is 0 Å². The molecule has 0 aromatic rings. The first kappa shape index (κ1) is 7.12. The molecule has 3 nitrogen and oxygen atoms in total. The normalized spacial score (nSPS) is 17.9. The fourth-order valence-corrected chi connectivity index (χ4v) is 0.923. The van der Waals surface area contributed by atoms with E-state index in [9.17, 15) is 4.79 Å². The third kappa shape index (κ3) is 1.76. The predicted molar refractivity (Wildman–Crippen MR) is 39.4 cm³/mol. The Morgan fingerprint density at radius 2 is 2.50 bits per heavy atom. The molecule has 1 aliphatic heterocycles. The van der Waals surface area contributed by atoms with Crippen LogP contribution in [-0.4, -0.2) is 30.4 Å². The Hall–Kier alpha value is -0.990. The highest BCUT2D eigenvalue weighted by molar-refractivity contribution is 5.73. The van der Waals surface area contributed by atoms with Gasteiger partial charge in [-0.15, -0.1) is 0 Å². The molecule has 0 saturated carbocycles. The summed E-state index contributed by atoms with van der Waals surface area (Å²) in [6.45, 7) is 4.00. The van der Waals surface area contributed by atoms with Gasteiger partial charge < -0.3 is 10.2 Å².